The molecular formula is C18H21ClN2O. The molecule has 22 heavy (non-hydrogen) atoms. The quantitative estimate of drug-likeness (QED) is 0.797. The fraction of sp³-hybridized carbons (Fsp3) is 0.278. The maximum Gasteiger partial charge on any atom is 0.238 e. The number of rotatable bonds is 6. The van der Waals surface area contributed by atoms with Gasteiger partial charge >= 0.3 is 0 Å². The largest absolute Gasteiger partial charge is 0.325 e. The van der Waals surface area contributed by atoms with Crippen molar-refractivity contribution in [2.75, 3.05) is 18.4 Å². The first kappa shape index (κ1) is 16.5. The van der Waals surface area contributed by atoms with Gasteiger partial charge in [0.2, 0.25) is 5.91 Å². The Balaban J connectivity index is 1.75. The average molecular weight is 317 g/mol. The summed E-state index contributed by atoms with van der Waals surface area (Å²) in [7, 11) is 0. The zero-order chi connectivity index (χ0) is 15.9. The molecule has 2 N–H and O–H groups in total. The van der Waals surface area contributed by atoms with Gasteiger partial charge in [0.25, 0.3) is 0 Å². The predicted molar refractivity (Wildman–Crippen MR) is 92.6 cm³/mol. The molecule has 0 radical (unpaired) electrons. The molecule has 1 amide bonds. The molecule has 0 spiro atoms. The lowest BCUT2D eigenvalue weighted by molar-refractivity contribution is -0.115. The summed E-state index contributed by atoms with van der Waals surface area (Å²) in [5.41, 5.74) is 4.24. The highest BCUT2D eigenvalue weighted by Crippen LogP contribution is 2.16. The number of halogens is 1. The Morgan fingerprint density at radius 3 is 2.73 bits per heavy atom. The Morgan fingerprint density at radius 1 is 1.14 bits per heavy atom. The maximum absolute atomic E-state index is 11.9. The molecule has 0 fully saturated rings. The van der Waals surface area contributed by atoms with Crippen LogP contribution in [-0.4, -0.2) is 19.0 Å². The van der Waals surface area contributed by atoms with Crippen LogP contribution in [0.25, 0.3) is 0 Å². The molecule has 0 unspecified atom stereocenters. The van der Waals surface area contributed by atoms with Crippen molar-refractivity contribution in [3.63, 3.8) is 0 Å². The second-order valence-corrected chi connectivity index (χ2v) is 5.86. The van der Waals surface area contributed by atoms with Gasteiger partial charge in [0.05, 0.1) is 6.54 Å². The Bertz CT molecular complexity index is 655. The van der Waals surface area contributed by atoms with E-state index in [4.69, 9.17) is 11.6 Å². The third-order valence-electron chi connectivity index (χ3n) is 3.43. The van der Waals surface area contributed by atoms with Crippen molar-refractivity contribution < 1.29 is 4.79 Å². The van der Waals surface area contributed by atoms with Gasteiger partial charge in [0.1, 0.15) is 0 Å². The van der Waals surface area contributed by atoms with Crippen molar-refractivity contribution in [2.24, 2.45) is 0 Å². The van der Waals surface area contributed by atoms with Crippen LogP contribution >= 0.6 is 11.6 Å². The second kappa shape index (κ2) is 7.97. The van der Waals surface area contributed by atoms with E-state index >= 15 is 0 Å². The molecule has 0 aliphatic carbocycles. The number of nitrogens with one attached hydrogen (secondary N) is 2. The van der Waals surface area contributed by atoms with Gasteiger partial charge < -0.3 is 10.6 Å². The third kappa shape index (κ3) is 5.17. The molecule has 0 heterocycles. The zero-order valence-electron chi connectivity index (χ0n) is 12.9. The van der Waals surface area contributed by atoms with Gasteiger partial charge in [-0.2, -0.15) is 0 Å². The summed E-state index contributed by atoms with van der Waals surface area (Å²) >= 11 is 5.94. The van der Waals surface area contributed by atoms with Crippen LogP contribution in [-0.2, 0) is 11.2 Å². The molecule has 116 valence electrons. The highest BCUT2D eigenvalue weighted by atomic mass is 35.5. The molecule has 0 aliphatic rings. The number of carbonyl (C=O) groups is 1. The van der Waals surface area contributed by atoms with Crippen LogP contribution in [0.1, 0.15) is 16.7 Å². The Morgan fingerprint density at radius 2 is 1.95 bits per heavy atom. The SMILES string of the molecule is Cc1ccc(C)c(NC(=O)CNCCc2cccc(Cl)c2)c1. The third-order valence-corrected chi connectivity index (χ3v) is 3.67. The zero-order valence-corrected chi connectivity index (χ0v) is 13.7. The van der Waals surface area contributed by atoms with E-state index in [0.717, 1.165) is 40.4 Å². The first-order chi connectivity index (χ1) is 10.5. The number of anilines is 1. The molecule has 2 rings (SSSR count). The number of hydrogen-bond acceptors (Lipinski definition) is 2. The van der Waals surface area contributed by atoms with E-state index in [1.54, 1.807) is 0 Å². The van der Waals surface area contributed by atoms with Crippen LogP contribution in [0.4, 0.5) is 5.69 Å². The summed E-state index contributed by atoms with van der Waals surface area (Å²) in [4.78, 5) is 11.9. The first-order valence-corrected chi connectivity index (χ1v) is 7.74. The van der Waals surface area contributed by atoms with Crippen LogP contribution in [0.5, 0.6) is 0 Å². The van der Waals surface area contributed by atoms with Gasteiger partial charge in [-0.3, -0.25) is 4.79 Å². The number of amides is 1. The van der Waals surface area contributed by atoms with E-state index in [1.165, 1.54) is 0 Å². The molecule has 3 nitrogen and oxygen atoms in total. The minimum Gasteiger partial charge on any atom is -0.325 e. The summed E-state index contributed by atoms with van der Waals surface area (Å²) < 4.78 is 0. The molecule has 0 atom stereocenters. The summed E-state index contributed by atoms with van der Waals surface area (Å²) in [6.45, 7) is 5.04. The van der Waals surface area contributed by atoms with Gasteiger partial charge in [-0.05, 0) is 61.7 Å². The van der Waals surface area contributed by atoms with E-state index in [2.05, 4.69) is 10.6 Å². The van der Waals surface area contributed by atoms with Crippen molar-refractivity contribution in [1.82, 2.24) is 5.32 Å². The molecule has 2 aromatic carbocycles. The molecule has 0 aromatic heterocycles. The van der Waals surface area contributed by atoms with E-state index in [0.29, 0.717) is 6.54 Å². The standard InChI is InChI=1S/C18H21ClN2O/c1-13-6-7-14(2)17(10-13)21-18(22)12-20-9-8-15-4-3-5-16(19)11-15/h3-7,10-11,20H,8-9,12H2,1-2H3,(H,21,22). The Hall–Kier alpha value is -1.84. The van der Waals surface area contributed by atoms with Gasteiger partial charge in [0, 0.05) is 10.7 Å². The predicted octanol–water partition coefficient (Wildman–Crippen LogP) is 3.73. The maximum atomic E-state index is 11.9. The van der Waals surface area contributed by atoms with Crippen molar-refractivity contribution in [2.45, 2.75) is 20.3 Å². The van der Waals surface area contributed by atoms with Crippen molar-refractivity contribution in [3.05, 3.63) is 64.2 Å². The molecule has 4 heteroatoms. The Labute approximate surface area is 136 Å². The lowest BCUT2D eigenvalue weighted by Crippen LogP contribution is -2.29. The van der Waals surface area contributed by atoms with E-state index in [1.807, 2.05) is 56.3 Å². The lowest BCUT2D eigenvalue weighted by atomic mass is 10.1. The van der Waals surface area contributed by atoms with Crippen LogP contribution in [0.3, 0.4) is 0 Å². The van der Waals surface area contributed by atoms with Gasteiger partial charge in [-0.15, -0.1) is 0 Å². The first-order valence-electron chi connectivity index (χ1n) is 7.37. The molecular weight excluding hydrogens is 296 g/mol. The number of aryl methyl sites for hydroxylation is 2. The number of benzene rings is 2. The van der Waals surface area contributed by atoms with Crippen LogP contribution in [0.15, 0.2) is 42.5 Å². The fourth-order valence-corrected chi connectivity index (χ4v) is 2.40. The number of carbonyl (C=O) groups excluding carboxylic acids is 1. The van der Waals surface area contributed by atoms with Crippen molar-refractivity contribution in [3.8, 4) is 0 Å². The molecule has 0 saturated heterocycles. The van der Waals surface area contributed by atoms with Gasteiger partial charge in [-0.25, -0.2) is 0 Å². The molecule has 0 bridgehead atoms. The summed E-state index contributed by atoms with van der Waals surface area (Å²) in [6.07, 6.45) is 0.845. The molecule has 0 saturated carbocycles. The van der Waals surface area contributed by atoms with E-state index in [9.17, 15) is 4.79 Å². The summed E-state index contributed by atoms with van der Waals surface area (Å²) in [5, 5.41) is 6.83. The summed E-state index contributed by atoms with van der Waals surface area (Å²) in [6, 6.07) is 13.8. The molecule has 0 aliphatic heterocycles. The van der Waals surface area contributed by atoms with Gasteiger partial charge in [-0.1, -0.05) is 35.9 Å². The highest BCUT2D eigenvalue weighted by Gasteiger charge is 2.04. The minimum absolute atomic E-state index is 0.0280. The minimum atomic E-state index is -0.0280. The van der Waals surface area contributed by atoms with Gasteiger partial charge in [0.15, 0.2) is 0 Å². The van der Waals surface area contributed by atoms with E-state index < -0.39 is 0 Å². The van der Waals surface area contributed by atoms with Crippen LogP contribution in [0, 0.1) is 13.8 Å². The smallest absolute Gasteiger partial charge is 0.238 e. The summed E-state index contributed by atoms with van der Waals surface area (Å²) in [5.74, 6) is -0.0280. The topological polar surface area (TPSA) is 41.1 Å². The van der Waals surface area contributed by atoms with E-state index in [-0.39, 0.29) is 5.91 Å². The average Bonchev–Trinajstić information content (AvgIpc) is 2.48. The second-order valence-electron chi connectivity index (χ2n) is 5.42. The number of hydrogen-bond donors (Lipinski definition) is 2. The Kier molecular flexibility index (Phi) is 5.99. The van der Waals surface area contributed by atoms with Crippen molar-refractivity contribution >= 4 is 23.2 Å². The lowest BCUT2D eigenvalue weighted by Gasteiger charge is -2.10. The van der Waals surface area contributed by atoms with Crippen molar-refractivity contribution in [1.29, 1.82) is 0 Å². The fourth-order valence-electron chi connectivity index (χ4n) is 2.19. The normalized spacial score (nSPS) is 10.5. The monoisotopic (exact) mass is 316 g/mol. The van der Waals surface area contributed by atoms with Crippen LogP contribution in [0.2, 0.25) is 5.02 Å². The highest BCUT2D eigenvalue weighted by molar-refractivity contribution is 6.30. The molecule has 2 aromatic rings. The van der Waals surface area contributed by atoms with Crippen LogP contribution < -0.4 is 10.6 Å².